The highest BCUT2D eigenvalue weighted by molar-refractivity contribution is 9.10. The minimum atomic E-state index is -0.682. The van der Waals surface area contributed by atoms with Crippen LogP contribution in [0, 0.1) is 11.3 Å². The van der Waals surface area contributed by atoms with Gasteiger partial charge in [-0.15, -0.1) is 11.8 Å². The minimum Gasteiger partial charge on any atom is -0.390 e. The van der Waals surface area contributed by atoms with Crippen LogP contribution in [0.3, 0.4) is 0 Å². The number of ether oxygens (including phenoxy) is 1. The van der Waals surface area contributed by atoms with Crippen molar-refractivity contribution in [3.05, 3.63) is 107 Å². The third-order valence-corrected chi connectivity index (χ3v) is 6.81. The number of aromatic nitrogens is 1. The molecule has 3 aromatic carbocycles. The van der Waals surface area contributed by atoms with Gasteiger partial charge < -0.3 is 9.84 Å². The normalized spacial score (nSPS) is 11.7. The second-order valence-electron chi connectivity index (χ2n) is 7.69. The Bertz CT molecular complexity index is 1260. The maximum Gasteiger partial charge on any atom is 0.115 e. The highest BCUT2D eigenvalue weighted by Gasteiger charge is 2.17. The van der Waals surface area contributed by atoms with Gasteiger partial charge in [-0.1, -0.05) is 88.7 Å². The van der Waals surface area contributed by atoms with Crippen molar-refractivity contribution in [1.29, 1.82) is 5.26 Å². The summed E-state index contributed by atoms with van der Waals surface area (Å²) < 4.78 is 6.66. The van der Waals surface area contributed by atoms with Gasteiger partial charge in [0, 0.05) is 21.4 Å². The van der Waals surface area contributed by atoms with Crippen LogP contribution in [0.25, 0.3) is 22.4 Å². The van der Waals surface area contributed by atoms with E-state index in [9.17, 15) is 10.4 Å². The van der Waals surface area contributed by atoms with Crippen LogP contribution in [0.1, 0.15) is 11.1 Å². The zero-order valence-electron chi connectivity index (χ0n) is 18.4. The monoisotopic (exact) mass is 530 g/mol. The Morgan fingerprint density at radius 2 is 1.62 bits per heavy atom. The van der Waals surface area contributed by atoms with Crippen molar-refractivity contribution >= 4 is 27.7 Å². The Hall–Kier alpha value is -2.95. The summed E-state index contributed by atoms with van der Waals surface area (Å²) in [5.41, 5.74) is 5.09. The van der Waals surface area contributed by atoms with Crippen LogP contribution >= 0.6 is 27.7 Å². The van der Waals surface area contributed by atoms with Crippen LogP contribution in [0.2, 0.25) is 0 Å². The van der Waals surface area contributed by atoms with Gasteiger partial charge in [-0.05, 0) is 29.3 Å². The molecule has 0 radical (unpaired) electrons. The van der Waals surface area contributed by atoms with Crippen molar-refractivity contribution in [2.24, 2.45) is 0 Å². The molecule has 0 aliphatic carbocycles. The molecule has 1 unspecified atom stereocenters. The minimum absolute atomic E-state index is 0.210. The van der Waals surface area contributed by atoms with Crippen LogP contribution in [0.5, 0.6) is 0 Å². The molecule has 0 aliphatic rings. The topological polar surface area (TPSA) is 66.1 Å². The lowest BCUT2D eigenvalue weighted by Crippen LogP contribution is -2.18. The number of thioether (sulfide) groups is 1. The predicted molar refractivity (Wildman–Crippen MR) is 140 cm³/mol. The number of pyridine rings is 1. The van der Waals surface area contributed by atoms with Crippen LogP contribution in [0.4, 0.5) is 0 Å². The second kappa shape index (κ2) is 12.0. The molecule has 4 aromatic rings. The maximum absolute atomic E-state index is 10.5. The van der Waals surface area contributed by atoms with Gasteiger partial charge in [-0.2, -0.15) is 5.26 Å². The molecule has 4 rings (SSSR count). The summed E-state index contributed by atoms with van der Waals surface area (Å²) in [4.78, 5) is 4.80. The van der Waals surface area contributed by atoms with Crippen LogP contribution in [0.15, 0.2) is 100 Å². The van der Waals surface area contributed by atoms with Gasteiger partial charge in [-0.3, -0.25) is 0 Å². The molecule has 0 spiro atoms. The molecular formula is C28H23BrN2O2S. The van der Waals surface area contributed by atoms with Crippen LogP contribution in [-0.4, -0.2) is 28.6 Å². The number of benzene rings is 3. The fourth-order valence-electron chi connectivity index (χ4n) is 3.46. The summed E-state index contributed by atoms with van der Waals surface area (Å²) in [6, 6.07) is 31.9. The van der Waals surface area contributed by atoms with Crippen molar-refractivity contribution in [2.45, 2.75) is 17.7 Å². The molecule has 34 heavy (non-hydrogen) atoms. The van der Waals surface area contributed by atoms with E-state index in [4.69, 9.17) is 9.72 Å². The Morgan fingerprint density at radius 1 is 0.941 bits per heavy atom. The molecule has 0 fully saturated rings. The highest BCUT2D eigenvalue weighted by Crippen LogP contribution is 2.34. The molecule has 1 atom stereocenters. The number of rotatable bonds is 9. The summed E-state index contributed by atoms with van der Waals surface area (Å²) in [7, 11) is 0. The number of hydrogen-bond donors (Lipinski definition) is 1. The molecule has 1 N–H and O–H groups in total. The van der Waals surface area contributed by atoms with Crippen LogP contribution < -0.4 is 0 Å². The summed E-state index contributed by atoms with van der Waals surface area (Å²) in [6.45, 7) is 0.656. The predicted octanol–water partition coefficient (Wildman–Crippen LogP) is 6.72. The van der Waals surface area contributed by atoms with Gasteiger partial charge in [0.05, 0.1) is 30.6 Å². The molecule has 1 heterocycles. The van der Waals surface area contributed by atoms with E-state index >= 15 is 0 Å². The number of aliphatic hydroxyl groups excluding tert-OH is 1. The van der Waals surface area contributed by atoms with Gasteiger partial charge >= 0.3 is 0 Å². The molecule has 0 saturated carbocycles. The van der Waals surface area contributed by atoms with E-state index in [0.717, 1.165) is 32.4 Å². The number of aliphatic hydroxyl groups is 1. The lowest BCUT2D eigenvalue weighted by Gasteiger charge is -2.15. The molecular weight excluding hydrogens is 508 g/mol. The molecule has 170 valence electrons. The molecule has 6 heteroatoms. The Morgan fingerprint density at radius 3 is 2.29 bits per heavy atom. The van der Waals surface area contributed by atoms with Gasteiger partial charge in [0.25, 0.3) is 0 Å². The van der Waals surface area contributed by atoms with E-state index in [2.05, 4.69) is 22.0 Å². The lowest BCUT2D eigenvalue weighted by atomic mass is 9.99. The SMILES string of the molecule is N#Cc1c(-c2ccccc2)cc(-c2ccc(Br)cc2)nc1SCC(O)COCc1ccccc1. The quantitative estimate of drug-likeness (QED) is 0.243. The molecule has 1 aromatic heterocycles. The number of nitrogens with zero attached hydrogens (tertiary/aromatic N) is 2. The third kappa shape index (κ3) is 6.34. The smallest absolute Gasteiger partial charge is 0.115 e. The first-order valence-electron chi connectivity index (χ1n) is 10.8. The molecule has 0 amide bonds. The first kappa shape index (κ1) is 24.2. The van der Waals surface area contributed by atoms with E-state index < -0.39 is 6.10 Å². The van der Waals surface area contributed by atoms with Gasteiger partial charge in [0.2, 0.25) is 0 Å². The first-order valence-corrected chi connectivity index (χ1v) is 12.6. The average Bonchev–Trinajstić information content (AvgIpc) is 2.88. The zero-order valence-corrected chi connectivity index (χ0v) is 20.8. The third-order valence-electron chi connectivity index (χ3n) is 5.16. The Labute approximate surface area is 212 Å². The number of nitriles is 1. The van der Waals surface area contributed by atoms with E-state index in [-0.39, 0.29) is 6.61 Å². The Balaban J connectivity index is 1.56. The average molecular weight is 531 g/mol. The van der Waals surface area contributed by atoms with E-state index in [1.165, 1.54) is 11.8 Å². The van der Waals surface area contributed by atoms with Crippen molar-refractivity contribution in [2.75, 3.05) is 12.4 Å². The Kier molecular flexibility index (Phi) is 8.51. The number of halogens is 1. The van der Waals surface area contributed by atoms with Gasteiger partial charge in [0.1, 0.15) is 11.1 Å². The molecule has 0 bridgehead atoms. The van der Waals surface area contributed by atoms with E-state index in [1.54, 1.807) is 0 Å². The van der Waals surface area contributed by atoms with Crippen molar-refractivity contribution in [3.63, 3.8) is 0 Å². The maximum atomic E-state index is 10.5. The number of hydrogen-bond acceptors (Lipinski definition) is 5. The second-order valence-corrected chi connectivity index (χ2v) is 9.61. The first-order chi connectivity index (χ1) is 16.6. The fourth-order valence-corrected chi connectivity index (χ4v) is 4.63. The van der Waals surface area contributed by atoms with Gasteiger partial charge in [-0.25, -0.2) is 4.98 Å². The van der Waals surface area contributed by atoms with E-state index in [0.29, 0.717) is 22.9 Å². The van der Waals surface area contributed by atoms with Gasteiger partial charge in [0.15, 0.2) is 0 Å². The molecule has 0 aliphatic heterocycles. The fraction of sp³-hybridized carbons (Fsp3) is 0.143. The standard InChI is InChI=1S/C28H23BrN2O2S/c29-23-13-11-22(12-14-23)27-15-25(21-9-5-2-6-10-21)26(16-30)28(31-27)34-19-24(32)18-33-17-20-7-3-1-4-8-20/h1-15,24,32H,17-19H2. The van der Waals surface area contributed by atoms with Crippen LogP contribution in [-0.2, 0) is 11.3 Å². The lowest BCUT2D eigenvalue weighted by molar-refractivity contribution is 0.0398. The zero-order chi connectivity index (χ0) is 23.8. The summed E-state index contributed by atoms with van der Waals surface area (Å²) in [5.74, 6) is 0.370. The van der Waals surface area contributed by atoms with Crippen molar-refractivity contribution in [1.82, 2.24) is 4.98 Å². The molecule has 0 saturated heterocycles. The van der Waals surface area contributed by atoms with E-state index in [1.807, 2.05) is 91.0 Å². The van der Waals surface area contributed by atoms with Crippen molar-refractivity contribution in [3.8, 4) is 28.5 Å². The molecule has 4 nitrogen and oxygen atoms in total. The highest BCUT2D eigenvalue weighted by atomic mass is 79.9. The summed E-state index contributed by atoms with van der Waals surface area (Å²) in [5, 5.41) is 21.1. The largest absolute Gasteiger partial charge is 0.390 e. The summed E-state index contributed by atoms with van der Waals surface area (Å²) >= 11 is 4.85. The summed E-state index contributed by atoms with van der Waals surface area (Å²) in [6.07, 6.45) is -0.682. The van der Waals surface area contributed by atoms with Crippen molar-refractivity contribution < 1.29 is 9.84 Å².